The van der Waals surface area contributed by atoms with Gasteiger partial charge in [0.15, 0.2) is 0 Å². The Hall–Kier alpha value is -1.49. The van der Waals surface area contributed by atoms with Gasteiger partial charge >= 0.3 is 5.97 Å². The molecule has 3 rings (SSSR count). The fourth-order valence-electron chi connectivity index (χ4n) is 2.47. The van der Waals surface area contributed by atoms with Crippen molar-refractivity contribution in [3.8, 4) is 0 Å². The Labute approximate surface area is 116 Å². The first kappa shape index (κ1) is 12.5. The maximum absolute atomic E-state index is 11.7. The Morgan fingerprint density at radius 3 is 3.21 bits per heavy atom. The van der Waals surface area contributed by atoms with Crippen LogP contribution in [-0.2, 0) is 11.2 Å². The Kier molecular flexibility index (Phi) is 3.46. The van der Waals surface area contributed by atoms with Crippen molar-refractivity contribution in [1.29, 1.82) is 0 Å². The van der Waals surface area contributed by atoms with E-state index in [0.717, 1.165) is 17.8 Å². The van der Waals surface area contributed by atoms with E-state index in [-0.39, 0.29) is 5.97 Å². The number of aromatic nitrogens is 2. The van der Waals surface area contributed by atoms with Crippen molar-refractivity contribution in [3.63, 3.8) is 0 Å². The van der Waals surface area contributed by atoms with Gasteiger partial charge in [0.2, 0.25) is 0 Å². The second-order valence-electron chi connectivity index (χ2n) is 4.70. The zero-order valence-electron chi connectivity index (χ0n) is 10.8. The third-order valence-corrected chi connectivity index (χ3v) is 4.80. The summed E-state index contributed by atoms with van der Waals surface area (Å²) >= 11 is 2.02. The molecule has 0 aliphatic carbocycles. The normalized spacial score (nSPS) is 18.9. The lowest BCUT2D eigenvalue weighted by Crippen LogP contribution is -2.07. The van der Waals surface area contributed by atoms with Crippen molar-refractivity contribution in [2.24, 2.45) is 0 Å². The van der Waals surface area contributed by atoms with E-state index < -0.39 is 0 Å². The molecule has 2 aromatic heterocycles. The van der Waals surface area contributed by atoms with Crippen molar-refractivity contribution < 1.29 is 9.53 Å². The first-order chi connectivity index (χ1) is 9.28. The van der Waals surface area contributed by atoms with Crippen LogP contribution in [0.2, 0.25) is 0 Å². The number of carbonyl (C=O) groups is 1. The van der Waals surface area contributed by atoms with E-state index in [4.69, 9.17) is 4.74 Å². The summed E-state index contributed by atoms with van der Waals surface area (Å²) in [6.07, 6.45) is 5.51. The summed E-state index contributed by atoms with van der Waals surface area (Å²) in [5.74, 6) is 0.927. The molecule has 0 spiro atoms. The predicted octanol–water partition coefficient (Wildman–Crippen LogP) is 2.56. The number of nitrogens with zero attached hydrogens (tertiary/aromatic N) is 2. The van der Waals surface area contributed by atoms with Gasteiger partial charge in [-0.1, -0.05) is 6.07 Å². The van der Waals surface area contributed by atoms with E-state index in [1.54, 1.807) is 6.07 Å². The Balaban J connectivity index is 1.93. The number of thioether (sulfide) groups is 1. The first-order valence-corrected chi connectivity index (χ1v) is 7.49. The minimum absolute atomic E-state index is 0.329. The van der Waals surface area contributed by atoms with Crippen LogP contribution in [0.15, 0.2) is 24.4 Å². The number of hydrogen-bond donors (Lipinski definition) is 0. The smallest absolute Gasteiger partial charge is 0.355 e. The molecule has 0 aromatic carbocycles. The average molecular weight is 276 g/mol. The highest BCUT2D eigenvalue weighted by molar-refractivity contribution is 8.00. The highest BCUT2D eigenvalue weighted by Gasteiger charge is 2.18. The SMILES string of the molecule is COC(=O)c1cccc2nc(CC3CCCS3)cn12. The molecule has 4 nitrogen and oxygen atoms in total. The van der Waals surface area contributed by atoms with E-state index >= 15 is 0 Å². The second-order valence-corrected chi connectivity index (χ2v) is 6.11. The minimum atomic E-state index is -0.329. The standard InChI is InChI=1S/C14H16N2O2S/c1-18-14(17)12-5-2-6-13-15-10(9-16(12)13)8-11-4-3-7-19-11/h2,5-6,9,11H,3-4,7-8H2,1H3. The van der Waals surface area contributed by atoms with E-state index in [2.05, 4.69) is 4.98 Å². The van der Waals surface area contributed by atoms with E-state index in [9.17, 15) is 4.79 Å². The molecule has 100 valence electrons. The van der Waals surface area contributed by atoms with Crippen LogP contribution in [0.5, 0.6) is 0 Å². The molecule has 0 amide bonds. The summed E-state index contributed by atoms with van der Waals surface area (Å²) < 4.78 is 6.62. The number of carbonyl (C=O) groups excluding carboxylic acids is 1. The third kappa shape index (κ3) is 2.47. The second kappa shape index (κ2) is 5.25. The molecular formula is C14H16N2O2S. The highest BCUT2D eigenvalue weighted by atomic mass is 32.2. The van der Waals surface area contributed by atoms with Crippen LogP contribution in [-0.4, -0.2) is 33.5 Å². The van der Waals surface area contributed by atoms with Gasteiger partial charge in [-0.25, -0.2) is 9.78 Å². The fourth-order valence-corrected chi connectivity index (χ4v) is 3.76. The predicted molar refractivity (Wildman–Crippen MR) is 75.7 cm³/mol. The van der Waals surface area contributed by atoms with Gasteiger partial charge in [-0.2, -0.15) is 11.8 Å². The van der Waals surface area contributed by atoms with Gasteiger partial charge in [0.25, 0.3) is 0 Å². The minimum Gasteiger partial charge on any atom is -0.464 e. The first-order valence-electron chi connectivity index (χ1n) is 6.45. The molecular weight excluding hydrogens is 260 g/mol. The monoisotopic (exact) mass is 276 g/mol. The van der Waals surface area contributed by atoms with Crippen molar-refractivity contribution in [2.45, 2.75) is 24.5 Å². The van der Waals surface area contributed by atoms with Crippen LogP contribution in [0, 0.1) is 0 Å². The molecule has 5 heteroatoms. The molecule has 1 unspecified atom stereocenters. The lowest BCUT2D eigenvalue weighted by Gasteiger charge is -2.04. The number of pyridine rings is 1. The molecule has 0 N–H and O–H groups in total. The Morgan fingerprint density at radius 2 is 2.47 bits per heavy atom. The van der Waals surface area contributed by atoms with Crippen LogP contribution in [0.4, 0.5) is 0 Å². The Bertz CT molecular complexity index is 603. The van der Waals surface area contributed by atoms with Crippen LogP contribution in [0.3, 0.4) is 0 Å². The number of ether oxygens (including phenoxy) is 1. The van der Waals surface area contributed by atoms with E-state index in [1.165, 1.54) is 25.7 Å². The lowest BCUT2D eigenvalue weighted by molar-refractivity contribution is 0.0592. The van der Waals surface area contributed by atoms with Crippen LogP contribution in [0.25, 0.3) is 5.65 Å². The van der Waals surface area contributed by atoms with Gasteiger partial charge in [0.05, 0.1) is 12.8 Å². The molecule has 0 saturated carbocycles. The largest absolute Gasteiger partial charge is 0.464 e. The van der Waals surface area contributed by atoms with Crippen LogP contribution in [0.1, 0.15) is 29.0 Å². The van der Waals surface area contributed by atoms with Gasteiger partial charge in [-0.3, -0.25) is 4.40 Å². The molecule has 1 fully saturated rings. The van der Waals surface area contributed by atoms with Gasteiger partial charge < -0.3 is 4.74 Å². The molecule has 0 radical (unpaired) electrons. The molecule has 0 bridgehead atoms. The summed E-state index contributed by atoms with van der Waals surface area (Å²) in [5.41, 5.74) is 2.38. The molecule has 1 aliphatic heterocycles. The van der Waals surface area contributed by atoms with Gasteiger partial charge in [0.1, 0.15) is 11.3 Å². The zero-order chi connectivity index (χ0) is 13.2. The molecule has 3 heterocycles. The van der Waals surface area contributed by atoms with Gasteiger partial charge in [-0.15, -0.1) is 0 Å². The number of hydrogen-bond acceptors (Lipinski definition) is 4. The zero-order valence-corrected chi connectivity index (χ0v) is 11.7. The Morgan fingerprint density at radius 1 is 1.58 bits per heavy atom. The number of methoxy groups -OCH3 is 1. The molecule has 2 aromatic rings. The molecule has 1 atom stereocenters. The van der Waals surface area contributed by atoms with Crippen molar-refractivity contribution in [1.82, 2.24) is 9.38 Å². The number of fused-ring (bicyclic) bond motifs is 1. The van der Waals surface area contributed by atoms with Crippen molar-refractivity contribution >= 4 is 23.4 Å². The van der Waals surface area contributed by atoms with E-state index in [0.29, 0.717) is 10.9 Å². The van der Waals surface area contributed by atoms with Crippen molar-refractivity contribution in [2.75, 3.05) is 12.9 Å². The number of esters is 1. The van der Waals surface area contributed by atoms with Gasteiger partial charge in [0, 0.05) is 17.9 Å². The lowest BCUT2D eigenvalue weighted by atomic mass is 10.2. The summed E-state index contributed by atoms with van der Waals surface area (Å²) in [7, 11) is 1.40. The number of imidazole rings is 1. The highest BCUT2D eigenvalue weighted by Crippen LogP contribution is 2.28. The maximum Gasteiger partial charge on any atom is 0.355 e. The molecule has 1 aliphatic rings. The third-order valence-electron chi connectivity index (χ3n) is 3.40. The topological polar surface area (TPSA) is 43.6 Å². The maximum atomic E-state index is 11.7. The van der Waals surface area contributed by atoms with Gasteiger partial charge in [-0.05, 0) is 30.7 Å². The van der Waals surface area contributed by atoms with E-state index in [1.807, 2.05) is 34.5 Å². The summed E-state index contributed by atoms with van der Waals surface area (Å²) in [4.78, 5) is 16.3. The fraction of sp³-hybridized carbons (Fsp3) is 0.429. The van der Waals surface area contributed by atoms with Crippen molar-refractivity contribution in [3.05, 3.63) is 35.8 Å². The average Bonchev–Trinajstić information content (AvgIpc) is 3.06. The summed E-state index contributed by atoms with van der Waals surface area (Å²) in [5, 5.41) is 0.673. The van der Waals surface area contributed by atoms with Crippen LogP contribution < -0.4 is 0 Å². The molecule has 19 heavy (non-hydrogen) atoms. The summed E-state index contributed by atoms with van der Waals surface area (Å²) in [6.45, 7) is 0. The number of rotatable bonds is 3. The summed E-state index contributed by atoms with van der Waals surface area (Å²) in [6, 6.07) is 5.51. The molecule has 1 saturated heterocycles. The quantitative estimate of drug-likeness (QED) is 0.808. The van der Waals surface area contributed by atoms with Crippen LogP contribution >= 0.6 is 11.8 Å².